The van der Waals surface area contributed by atoms with Crippen LogP contribution in [0, 0.1) is 11.8 Å². The van der Waals surface area contributed by atoms with Gasteiger partial charge in [-0.2, -0.15) is 0 Å². The van der Waals surface area contributed by atoms with Crippen LogP contribution >= 0.6 is 0 Å². The molecule has 1 fully saturated rings. The first-order valence-corrected chi connectivity index (χ1v) is 11.3. The lowest BCUT2D eigenvalue weighted by Gasteiger charge is -2.47. The fraction of sp³-hybridized carbons (Fsp3) is 0.538. The molecule has 0 spiro atoms. The molecule has 4 unspecified atom stereocenters. The van der Waals surface area contributed by atoms with E-state index in [1.807, 2.05) is 12.2 Å². The van der Waals surface area contributed by atoms with Gasteiger partial charge in [0.2, 0.25) is 0 Å². The number of fused-ring (bicyclic) bond motifs is 3. The maximum absolute atomic E-state index is 5.62. The van der Waals surface area contributed by atoms with Gasteiger partial charge in [0.25, 0.3) is 0 Å². The summed E-state index contributed by atoms with van der Waals surface area (Å²) in [6, 6.07) is 5.27. The van der Waals surface area contributed by atoms with Crippen molar-refractivity contribution in [3.05, 3.63) is 59.7 Å². The van der Waals surface area contributed by atoms with Crippen LogP contribution in [0.15, 0.2) is 48.6 Å². The Kier molecular flexibility index (Phi) is 6.35. The van der Waals surface area contributed by atoms with E-state index in [-0.39, 0.29) is 0 Å². The molecule has 1 saturated heterocycles. The zero-order valence-corrected chi connectivity index (χ0v) is 18.7. The van der Waals surface area contributed by atoms with Crippen LogP contribution in [0.5, 0.6) is 11.5 Å². The first-order chi connectivity index (χ1) is 14.6. The molecular formula is C26H36N2O2. The molecule has 4 heteroatoms. The van der Waals surface area contributed by atoms with Crippen molar-refractivity contribution in [3.8, 4) is 11.5 Å². The van der Waals surface area contributed by atoms with Crippen molar-refractivity contribution in [2.45, 2.75) is 44.7 Å². The van der Waals surface area contributed by atoms with Crippen LogP contribution in [0.25, 0.3) is 0 Å². The van der Waals surface area contributed by atoms with E-state index in [0.29, 0.717) is 23.9 Å². The van der Waals surface area contributed by atoms with Crippen molar-refractivity contribution in [2.75, 3.05) is 33.9 Å². The van der Waals surface area contributed by atoms with Crippen molar-refractivity contribution >= 4 is 0 Å². The summed E-state index contributed by atoms with van der Waals surface area (Å²) in [6.07, 6.45) is 8.55. The quantitative estimate of drug-likeness (QED) is 0.741. The average molecular weight is 409 g/mol. The highest BCUT2D eigenvalue weighted by atomic mass is 16.5. The van der Waals surface area contributed by atoms with E-state index in [1.54, 1.807) is 14.2 Å². The standard InChI is InChI=1S/C26H36N2O2/c1-6-18-8-10-27-23(21(18)7-2)12-20-13-24-22-15-26(30-5)25(29-4)14-19(22)9-11-28(24)16-17(20)3/h6-7,14-15,17,20,23-24,27H,1-2,8-13,16H2,3-5H3. The summed E-state index contributed by atoms with van der Waals surface area (Å²) in [5.41, 5.74) is 5.55. The predicted octanol–water partition coefficient (Wildman–Crippen LogP) is 4.68. The zero-order valence-electron chi connectivity index (χ0n) is 18.7. The third kappa shape index (κ3) is 3.83. The van der Waals surface area contributed by atoms with Gasteiger partial charge in [-0.05, 0) is 78.5 Å². The largest absolute Gasteiger partial charge is 0.493 e. The highest BCUT2D eigenvalue weighted by Crippen LogP contribution is 2.45. The molecule has 30 heavy (non-hydrogen) atoms. The summed E-state index contributed by atoms with van der Waals surface area (Å²) in [7, 11) is 3.45. The van der Waals surface area contributed by atoms with Crippen LogP contribution in [0.1, 0.15) is 43.4 Å². The van der Waals surface area contributed by atoms with Crippen LogP contribution < -0.4 is 14.8 Å². The first kappa shape index (κ1) is 21.2. The summed E-state index contributed by atoms with van der Waals surface area (Å²) in [6.45, 7) is 13.9. The second-order valence-electron chi connectivity index (χ2n) is 9.02. The van der Waals surface area contributed by atoms with Gasteiger partial charge in [0, 0.05) is 25.2 Å². The van der Waals surface area contributed by atoms with Crippen LogP contribution in [0.3, 0.4) is 0 Å². The van der Waals surface area contributed by atoms with E-state index in [2.05, 4.69) is 42.4 Å². The van der Waals surface area contributed by atoms with Crippen molar-refractivity contribution in [3.63, 3.8) is 0 Å². The number of allylic oxidation sites excluding steroid dienone is 1. The summed E-state index contributed by atoms with van der Waals surface area (Å²) in [4.78, 5) is 2.68. The molecule has 3 aliphatic heterocycles. The molecule has 3 heterocycles. The van der Waals surface area contributed by atoms with Crippen molar-refractivity contribution < 1.29 is 9.47 Å². The maximum Gasteiger partial charge on any atom is 0.161 e. The Morgan fingerprint density at radius 3 is 2.60 bits per heavy atom. The normalized spacial score (nSPS) is 29.0. The molecule has 0 saturated carbocycles. The Bertz CT molecular complexity index is 844. The third-order valence-electron chi connectivity index (χ3n) is 7.50. The number of piperidine rings is 1. The highest BCUT2D eigenvalue weighted by molar-refractivity contribution is 5.49. The lowest BCUT2D eigenvalue weighted by atomic mass is 9.73. The number of benzene rings is 1. The fourth-order valence-electron chi connectivity index (χ4n) is 5.81. The number of hydrogen-bond donors (Lipinski definition) is 1. The molecule has 0 amide bonds. The van der Waals surface area contributed by atoms with Gasteiger partial charge in [0.05, 0.1) is 14.2 Å². The Morgan fingerprint density at radius 2 is 1.90 bits per heavy atom. The van der Waals surface area contributed by atoms with Crippen LogP contribution in [-0.2, 0) is 6.42 Å². The maximum atomic E-state index is 5.62. The average Bonchev–Trinajstić information content (AvgIpc) is 2.78. The van der Waals surface area contributed by atoms with Crippen LogP contribution in [0.2, 0.25) is 0 Å². The summed E-state index contributed by atoms with van der Waals surface area (Å²) >= 11 is 0. The van der Waals surface area contributed by atoms with Gasteiger partial charge in [-0.15, -0.1) is 0 Å². The molecule has 162 valence electrons. The van der Waals surface area contributed by atoms with E-state index >= 15 is 0 Å². The van der Waals surface area contributed by atoms with Crippen LogP contribution in [0.4, 0.5) is 0 Å². The smallest absolute Gasteiger partial charge is 0.161 e. The Morgan fingerprint density at radius 1 is 1.13 bits per heavy atom. The molecule has 1 N–H and O–H groups in total. The molecule has 0 aromatic heterocycles. The molecule has 1 aromatic rings. The molecule has 3 aliphatic rings. The van der Waals surface area contributed by atoms with E-state index in [4.69, 9.17) is 9.47 Å². The zero-order chi connectivity index (χ0) is 21.3. The minimum Gasteiger partial charge on any atom is -0.493 e. The lowest BCUT2D eigenvalue weighted by Crippen LogP contribution is -2.47. The predicted molar refractivity (Wildman–Crippen MR) is 123 cm³/mol. The lowest BCUT2D eigenvalue weighted by molar-refractivity contribution is 0.0546. The van der Waals surface area contributed by atoms with Gasteiger partial charge in [-0.25, -0.2) is 0 Å². The summed E-state index contributed by atoms with van der Waals surface area (Å²) < 4.78 is 11.2. The molecule has 4 rings (SSSR count). The van der Waals surface area contributed by atoms with E-state index in [1.165, 1.54) is 28.7 Å². The number of hydrogen-bond acceptors (Lipinski definition) is 4. The van der Waals surface area contributed by atoms with Crippen molar-refractivity contribution in [1.82, 2.24) is 10.2 Å². The Balaban J connectivity index is 1.59. The summed E-state index contributed by atoms with van der Waals surface area (Å²) in [5, 5.41) is 3.75. The van der Waals surface area contributed by atoms with Gasteiger partial charge in [-0.1, -0.05) is 32.2 Å². The first-order valence-electron chi connectivity index (χ1n) is 11.3. The molecular weight excluding hydrogens is 372 g/mol. The van der Waals surface area contributed by atoms with Crippen LogP contribution in [-0.4, -0.2) is 44.8 Å². The topological polar surface area (TPSA) is 33.7 Å². The van der Waals surface area contributed by atoms with E-state index in [9.17, 15) is 0 Å². The number of rotatable bonds is 6. The van der Waals surface area contributed by atoms with Gasteiger partial charge in [0.15, 0.2) is 11.5 Å². The molecule has 0 aliphatic carbocycles. The Hall–Kier alpha value is -2.04. The van der Waals surface area contributed by atoms with Gasteiger partial charge >= 0.3 is 0 Å². The minimum atomic E-state index is 0.386. The fourth-order valence-corrected chi connectivity index (χ4v) is 5.81. The molecule has 4 atom stereocenters. The molecule has 0 radical (unpaired) electrons. The summed E-state index contributed by atoms with van der Waals surface area (Å²) in [5.74, 6) is 3.04. The second kappa shape index (κ2) is 8.99. The number of ether oxygens (including phenoxy) is 2. The minimum absolute atomic E-state index is 0.386. The van der Waals surface area contributed by atoms with E-state index < -0.39 is 0 Å². The number of nitrogens with zero attached hydrogens (tertiary/aromatic N) is 1. The number of nitrogens with one attached hydrogen (secondary N) is 1. The Labute approximate surface area is 181 Å². The van der Waals surface area contributed by atoms with Gasteiger partial charge < -0.3 is 14.8 Å². The van der Waals surface area contributed by atoms with Gasteiger partial charge in [0.1, 0.15) is 0 Å². The second-order valence-corrected chi connectivity index (χ2v) is 9.02. The molecule has 1 aromatic carbocycles. The van der Waals surface area contributed by atoms with E-state index in [0.717, 1.165) is 50.4 Å². The SMILES string of the molecule is C=CC1=C(C=C)C(CC2CC3c4cc(OC)c(OC)cc4CCN3CC2C)NCC1. The molecule has 0 bridgehead atoms. The number of methoxy groups -OCH3 is 2. The van der Waals surface area contributed by atoms with Gasteiger partial charge in [-0.3, -0.25) is 4.90 Å². The molecule has 4 nitrogen and oxygen atoms in total. The monoisotopic (exact) mass is 408 g/mol. The third-order valence-corrected chi connectivity index (χ3v) is 7.50. The highest BCUT2D eigenvalue weighted by Gasteiger charge is 2.39. The van der Waals surface area contributed by atoms with Crippen molar-refractivity contribution in [2.24, 2.45) is 11.8 Å². The van der Waals surface area contributed by atoms with Crippen molar-refractivity contribution in [1.29, 1.82) is 0 Å².